The Morgan fingerprint density at radius 1 is 1.40 bits per heavy atom. The zero-order chi connectivity index (χ0) is 11.3. The summed E-state index contributed by atoms with van der Waals surface area (Å²) in [6.07, 6.45) is 5.03. The first kappa shape index (κ1) is 12.9. The van der Waals surface area contributed by atoms with Crippen LogP contribution in [0.25, 0.3) is 0 Å². The Kier molecular flexibility index (Phi) is 5.58. The lowest BCUT2D eigenvalue weighted by Crippen LogP contribution is -2.51. The second-order valence-electron chi connectivity index (χ2n) is 4.71. The summed E-state index contributed by atoms with van der Waals surface area (Å²) in [5, 5.41) is 9.41. The molecule has 0 heterocycles. The van der Waals surface area contributed by atoms with Crippen LogP contribution in [0.1, 0.15) is 39.5 Å². The summed E-state index contributed by atoms with van der Waals surface area (Å²) in [6, 6.07) is 0.260. The molecule has 0 aromatic rings. The summed E-state index contributed by atoms with van der Waals surface area (Å²) >= 11 is 0. The summed E-state index contributed by atoms with van der Waals surface area (Å²) < 4.78 is 0. The molecule has 0 amide bonds. The van der Waals surface area contributed by atoms with Crippen molar-refractivity contribution in [3.05, 3.63) is 0 Å². The first-order valence-electron chi connectivity index (χ1n) is 6.33. The molecule has 1 fully saturated rings. The quantitative estimate of drug-likeness (QED) is 0.669. The number of likely N-dealkylation sites (N-methyl/N-ethyl adjacent to an activating group) is 1. The van der Waals surface area contributed by atoms with Gasteiger partial charge < -0.3 is 10.8 Å². The van der Waals surface area contributed by atoms with Gasteiger partial charge in [0, 0.05) is 18.6 Å². The maximum absolute atomic E-state index is 9.41. The van der Waals surface area contributed by atoms with E-state index in [4.69, 9.17) is 5.73 Å². The van der Waals surface area contributed by atoms with Crippen molar-refractivity contribution >= 4 is 0 Å². The summed E-state index contributed by atoms with van der Waals surface area (Å²) in [5.41, 5.74) is 6.04. The van der Waals surface area contributed by atoms with Gasteiger partial charge in [0.2, 0.25) is 0 Å². The van der Waals surface area contributed by atoms with E-state index >= 15 is 0 Å². The van der Waals surface area contributed by atoms with Gasteiger partial charge in [0.05, 0.1) is 6.61 Å². The van der Waals surface area contributed by atoms with Crippen molar-refractivity contribution in [2.75, 3.05) is 19.7 Å². The molecule has 0 saturated heterocycles. The van der Waals surface area contributed by atoms with E-state index < -0.39 is 0 Å². The minimum Gasteiger partial charge on any atom is -0.395 e. The number of aliphatic hydroxyl groups is 1. The molecule has 3 nitrogen and oxygen atoms in total. The lowest BCUT2D eigenvalue weighted by molar-refractivity contribution is 0.0775. The molecule has 15 heavy (non-hydrogen) atoms. The van der Waals surface area contributed by atoms with Gasteiger partial charge in [-0.05, 0) is 31.7 Å². The third-order valence-electron chi connectivity index (χ3n) is 3.75. The van der Waals surface area contributed by atoms with Gasteiger partial charge in [-0.25, -0.2) is 0 Å². The lowest BCUT2D eigenvalue weighted by Gasteiger charge is -2.38. The second kappa shape index (κ2) is 6.46. The average molecular weight is 214 g/mol. The van der Waals surface area contributed by atoms with Crippen LogP contribution in [0.15, 0.2) is 0 Å². The SMILES string of the molecule is CCC(N)C(CO)N(CC)CC1CCC1. The van der Waals surface area contributed by atoms with E-state index in [0.29, 0.717) is 0 Å². The van der Waals surface area contributed by atoms with Crippen LogP contribution in [0, 0.1) is 5.92 Å². The fraction of sp³-hybridized carbons (Fsp3) is 1.00. The summed E-state index contributed by atoms with van der Waals surface area (Å²) in [7, 11) is 0. The van der Waals surface area contributed by atoms with E-state index in [1.54, 1.807) is 0 Å². The highest BCUT2D eigenvalue weighted by atomic mass is 16.3. The van der Waals surface area contributed by atoms with E-state index in [1.807, 2.05) is 0 Å². The van der Waals surface area contributed by atoms with Gasteiger partial charge in [-0.2, -0.15) is 0 Å². The van der Waals surface area contributed by atoms with E-state index in [0.717, 1.165) is 25.4 Å². The first-order chi connectivity index (χ1) is 7.22. The molecule has 2 atom stereocenters. The normalized spacial score (nSPS) is 21.4. The molecule has 0 aliphatic heterocycles. The van der Waals surface area contributed by atoms with E-state index in [2.05, 4.69) is 18.7 Å². The molecule has 1 aliphatic rings. The highest BCUT2D eigenvalue weighted by Gasteiger charge is 2.26. The van der Waals surface area contributed by atoms with Crippen LogP contribution < -0.4 is 5.73 Å². The van der Waals surface area contributed by atoms with Crippen LogP contribution in [0.2, 0.25) is 0 Å². The molecule has 1 aliphatic carbocycles. The third-order valence-corrected chi connectivity index (χ3v) is 3.75. The molecule has 3 heteroatoms. The zero-order valence-corrected chi connectivity index (χ0v) is 10.2. The number of rotatable bonds is 7. The average Bonchev–Trinajstić information content (AvgIpc) is 2.20. The molecule has 1 saturated carbocycles. The van der Waals surface area contributed by atoms with Crippen LogP contribution in [0.5, 0.6) is 0 Å². The third kappa shape index (κ3) is 3.44. The van der Waals surface area contributed by atoms with Crippen LogP contribution >= 0.6 is 0 Å². The second-order valence-corrected chi connectivity index (χ2v) is 4.71. The standard InChI is InChI=1S/C12H26N2O/c1-3-11(13)12(9-15)14(4-2)8-10-6-5-7-10/h10-12,15H,3-9,13H2,1-2H3. The Labute approximate surface area is 93.6 Å². The Morgan fingerprint density at radius 3 is 2.40 bits per heavy atom. The zero-order valence-electron chi connectivity index (χ0n) is 10.2. The smallest absolute Gasteiger partial charge is 0.0601 e. The molecular weight excluding hydrogens is 188 g/mol. The van der Waals surface area contributed by atoms with Gasteiger partial charge in [-0.15, -0.1) is 0 Å². The van der Waals surface area contributed by atoms with Crippen molar-refractivity contribution in [3.63, 3.8) is 0 Å². The van der Waals surface area contributed by atoms with Gasteiger partial charge >= 0.3 is 0 Å². The molecule has 3 N–H and O–H groups in total. The highest BCUT2D eigenvalue weighted by molar-refractivity contribution is 4.83. The Hall–Kier alpha value is -0.120. The van der Waals surface area contributed by atoms with Gasteiger partial charge in [0.15, 0.2) is 0 Å². The monoisotopic (exact) mass is 214 g/mol. The number of nitrogens with two attached hydrogens (primary N) is 1. The molecule has 0 bridgehead atoms. The maximum Gasteiger partial charge on any atom is 0.0601 e. The molecule has 0 aromatic heterocycles. The summed E-state index contributed by atoms with van der Waals surface area (Å²) in [6.45, 7) is 6.55. The molecule has 0 radical (unpaired) electrons. The van der Waals surface area contributed by atoms with Crippen LogP contribution in [0.3, 0.4) is 0 Å². The van der Waals surface area contributed by atoms with Gasteiger partial charge in [0.25, 0.3) is 0 Å². The fourth-order valence-corrected chi connectivity index (χ4v) is 2.30. The molecular formula is C12H26N2O. The first-order valence-corrected chi connectivity index (χ1v) is 6.33. The topological polar surface area (TPSA) is 49.5 Å². The van der Waals surface area contributed by atoms with Gasteiger partial charge in [-0.1, -0.05) is 20.3 Å². The van der Waals surface area contributed by atoms with Crippen molar-refractivity contribution in [2.45, 2.75) is 51.6 Å². The Balaban J connectivity index is 2.44. The number of hydrogen-bond acceptors (Lipinski definition) is 3. The number of nitrogens with zero attached hydrogens (tertiary/aromatic N) is 1. The minimum absolute atomic E-state index is 0.107. The Bertz CT molecular complexity index is 171. The molecule has 90 valence electrons. The predicted molar refractivity (Wildman–Crippen MR) is 63.7 cm³/mol. The van der Waals surface area contributed by atoms with E-state index in [1.165, 1.54) is 19.3 Å². The van der Waals surface area contributed by atoms with Crippen molar-refractivity contribution < 1.29 is 5.11 Å². The summed E-state index contributed by atoms with van der Waals surface area (Å²) in [4.78, 5) is 2.36. The van der Waals surface area contributed by atoms with Crippen LogP contribution in [-0.2, 0) is 0 Å². The van der Waals surface area contributed by atoms with Crippen molar-refractivity contribution in [1.29, 1.82) is 0 Å². The maximum atomic E-state index is 9.41. The van der Waals surface area contributed by atoms with Crippen molar-refractivity contribution in [3.8, 4) is 0 Å². The van der Waals surface area contributed by atoms with Gasteiger partial charge in [-0.3, -0.25) is 4.90 Å². The van der Waals surface area contributed by atoms with Crippen molar-refractivity contribution in [2.24, 2.45) is 11.7 Å². The fourth-order valence-electron chi connectivity index (χ4n) is 2.30. The number of hydrogen-bond donors (Lipinski definition) is 2. The van der Waals surface area contributed by atoms with Crippen LogP contribution in [-0.4, -0.2) is 41.8 Å². The highest BCUT2D eigenvalue weighted by Crippen LogP contribution is 2.27. The minimum atomic E-state index is 0.107. The van der Waals surface area contributed by atoms with Gasteiger partial charge in [0.1, 0.15) is 0 Å². The van der Waals surface area contributed by atoms with Crippen molar-refractivity contribution in [1.82, 2.24) is 4.90 Å². The summed E-state index contributed by atoms with van der Waals surface area (Å²) in [5.74, 6) is 0.850. The predicted octanol–water partition coefficient (Wildman–Crippen LogP) is 1.21. The Morgan fingerprint density at radius 2 is 2.07 bits per heavy atom. The molecule has 1 rings (SSSR count). The molecule has 0 aromatic carbocycles. The molecule has 2 unspecified atom stereocenters. The largest absolute Gasteiger partial charge is 0.395 e. The van der Waals surface area contributed by atoms with E-state index in [-0.39, 0.29) is 18.7 Å². The molecule has 0 spiro atoms. The van der Waals surface area contributed by atoms with Crippen LogP contribution in [0.4, 0.5) is 0 Å². The lowest BCUT2D eigenvalue weighted by atomic mass is 9.84. The van der Waals surface area contributed by atoms with E-state index in [9.17, 15) is 5.11 Å². The number of aliphatic hydroxyl groups excluding tert-OH is 1.